The molecule has 6 heteroatoms. The Labute approximate surface area is 138 Å². The quantitative estimate of drug-likeness (QED) is 0.622. The molecule has 0 amide bonds. The van der Waals surface area contributed by atoms with Crippen molar-refractivity contribution in [3.8, 4) is 0 Å². The fourth-order valence-electron chi connectivity index (χ4n) is 2.66. The number of likely N-dealkylation sites (N-methyl/N-ethyl adjacent to an activating group) is 1. The number of nitrogens with two attached hydrogens (primary N) is 1. The molecule has 0 bridgehead atoms. The van der Waals surface area contributed by atoms with Crippen LogP contribution in [0.1, 0.15) is 41.5 Å². The van der Waals surface area contributed by atoms with Crippen LogP contribution in [-0.2, 0) is 9.30 Å². The van der Waals surface area contributed by atoms with E-state index in [4.69, 9.17) is 10.5 Å². The minimum Gasteiger partial charge on any atom is -0.372 e. The number of nitrogens with zero attached hydrogens (tertiary/aromatic N) is 2. The molecule has 0 aromatic rings. The molecule has 3 unspecified atom stereocenters. The van der Waals surface area contributed by atoms with Gasteiger partial charge in [0.1, 0.15) is 0 Å². The monoisotopic (exact) mass is 335 g/mol. The summed E-state index contributed by atoms with van der Waals surface area (Å²) < 4.78 is 23.4. The third-order valence-corrected chi connectivity index (χ3v) is 7.88. The molecule has 0 saturated carbocycles. The Hall–Kier alpha value is 0.0700. The second-order valence-corrected chi connectivity index (χ2v) is 11.0. The second-order valence-electron chi connectivity index (χ2n) is 7.31. The highest BCUT2D eigenvalue weighted by molar-refractivity contribution is 7.59. The maximum atomic E-state index is 13.3. The lowest BCUT2D eigenvalue weighted by atomic mass is 10.0. The topological polar surface area (TPSA) is 58.8 Å². The van der Waals surface area contributed by atoms with E-state index in [-0.39, 0.29) is 17.9 Å². The van der Waals surface area contributed by atoms with Crippen LogP contribution in [-0.4, -0.2) is 61.4 Å². The van der Waals surface area contributed by atoms with Gasteiger partial charge in [-0.3, -0.25) is 4.57 Å². The van der Waals surface area contributed by atoms with Crippen molar-refractivity contribution in [2.24, 2.45) is 17.6 Å². The minimum atomic E-state index is -2.57. The van der Waals surface area contributed by atoms with Gasteiger partial charge in [0, 0.05) is 18.7 Å². The number of ether oxygens (including phenoxy) is 1. The third-order valence-electron chi connectivity index (χ3n) is 4.25. The Morgan fingerprint density at radius 1 is 0.955 bits per heavy atom. The molecule has 0 heterocycles. The molecule has 0 saturated heterocycles. The molecule has 0 aliphatic rings. The van der Waals surface area contributed by atoms with Gasteiger partial charge in [-0.25, -0.2) is 9.34 Å². The van der Waals surface area contributed by atoms with Crippen molar-refractivity contribution in [1.82, 2.24) is 9.34 Å². The fourth-order valence-corrected chi connectivity index (χ4v) is 5.38. The van der Waals surface area contributed by atoms with Gasteiger partial charge in [0.25, 0.3) is 0 Å². The van der Waals surface area contributed by atoms with E-state index in [9.17, 15) is 4.57 Å². The minimum absolute atomic E-state index is 0.0213. The van der Waals surface area contributed by atoms with Gasteiger partial charge in [-0.2, -0.15) is 0 Å². The lowest BCUT2D eigenvalue weighted by Crippen LogP contribution is -2.42. The van der Waals surface area contributed by atoms with Crippen molar-refractivity contribution in [2.45, 2.75) is 59.4 Å². The standard InChI is InChI=1S/C16H38N3O2P/c1-12(2)15(10-17)21-16(13(3)4)11-19(9)22(20,14(5)6)18(7)8/h12-16H,10-11,17H2,1-9H3. The van der Waals surface area contributed by atoms with Gasteiger partial charge in [0.05, 0.1) is 12.2 Å². The van der Waals surface area contributed by atoms with Crippen LogP contribution in [0.25, 0.3) is 0 Å². The summed E-state index contributed by atoms with van der Waals surface area (Å²) in [4.78, 5) is 0. The van der Waals surface area contributed by atoms with Crippen molar-refractivity contribution in [2.75, 3.05) is 34.2 Å². The zero-order chi connectivity index (χ0) is 17.7. The largest absolute Gasteiger partial charge is 0.372 e. The average molecular weight is 335 g/mol. The number of hydrogen-bond acceptors (Lipinski definition) is 3. The van der Waals surface area contributed by atoms with Gasteiger partial charge < -0.3 is 10.5 Å². The summed E-state index contributed by atoms with van der Waals surface area (Å²) in [5.41, 5.74) is 5.91. The molecule has 2 N–H and O–H groups in total. The van der Waals surface area contributed by atoms with Crippen LogP contribution in [0, 0.1) is 11.8 Å². The van der Waals surface area contributed by atoms with E-state index >= 15 is 0 Å². The summed E-state index contributed by atoms with van der Waals surface area (Å²) in [6.07, 6.45) is 0.0616. The van der Waals surface area contributed by atoms with E-state index in [1.54, 1.807) is 0 Å². The van der Waals surface area contributed by atoms with Gasteiger partial charge in [0.15, 0.2) is 0 Å². The van der Waals surface area contributed by atoms with Crippen molar-refractivity contribution < 1.29 is 9.30 Å². The molecule has 134 valence electrons. The molecule has 0 rings (SSSR count). The van der Waals surface area contributed by atoms with Gasteiger partial charge in [-0.05, 0) is 33.0 Å². The molecule has 0 fully saturated rings. The highest BCUT2D eigenvalue weighted by atomic mass is 31.2. The summed E-state index contributed by atoms with van der Waals surface area (Å²) in [5, 5.41) is 0. The number of hydrogen-bond donors (Lipinski definition) is 1. The Bertz CT molecular complexity index is 347. The van der Waals surface area contributed by atoms with Crippen LogP contribution < -0.4 is 5.73 Å². The molecular weight excluding hydrogens is 297 g/mol. The maximum absolute atomic E-state index is 13.3. The van der Waals surface area contributed by atoms with E-state index in [2.05, 4.69) is 27.7 Å². The lowest BCUT2D eigenvalue weighted by Gasteiger charge is -2.39. The summed E-state index contributed by atoms with van der Waals surface area (Å²) >= 11 is 0. The van der Waals surface area contributed by atoms with Gasteiger partial charge in [-0.15, -0.1) is 0 Å². The van der Waals surface area contributed by atoms with E-state index in [0.29, 0.717) is 24.9 Å². The van der Waals surface area contributed by atoms with Gasteiger partial charge in [-0.1, -0.05) is 41.5 Å². The predicted octanol–water partition coefficient (Wildman–Crippen LogP) is 3.11. The molecule has 22 heavy (non-hydrogen) atoms. The number of rotatable bonds is 10. The summed E-state index contributed by atoms with van der Waals surface area (Å²) in [6, 6.07) is 0. The van der Waals surface area contributed by atoms with Crippen LogP contribution >= 0.6 is 7.44 Å². The molecular formula is C16H38N3O2P. The van der Waals surface area contributed by atoms with Gasteiger partial charge >= 0.3 is 0 Å². The van der Waals surface area contributed by atoms with Crippen molar-refractivity contribution in [3.05, 3.63) is 0 Å². The highest BCUT2D eigenvalue weighted by Crippen LogP contribution is 2.54. The van der Waals surface area contributed by atoms with Crippen LogP contribution in [0.5, 0.6) is 0 Å². The SMILES string of the molecule is CC(C)C(CN)OC(CN(C)P(=O)(C(C)C)N(C)C)C(C)C. The predicted molar refractivity (Wildman–Crippen MR) is 96.5 cm³/mol. The first-order chi connectivity index (χ1) is 9.98. The van der Waals surface area contributed by atoms with Crippen LogP contribution in [0.3, 0.4) is 0 Å². The molecule has 0 spiro atoms. The van der Waals surface area contributed by atoms with E-state index in [1.165, 1.54) is 0 Å². The third kappa shape index (κ3) is 5.61. The molecule has 5 nitrogen and oxygen atoms in total. The summed E-state index contributed by atoms with van der Waals surface area (Å²) in [5.74, 6) is 0.723. The first kappa shape index (κ1) is 22.1. The summed E-state index contributed by atoms with van der Waals surface area (Å²) in [7, 11) is 3.15. The maximum Gasteiger partial charge on any atom is 0.218 e. The molecule has 0 aliphatic carbocycles. The fraction of sp³-hybridized carbons (Fsp3) is 1.00. The van der Waals surface area contributed by atoms with Gasteiger partial charge in [0.2, 0.25) is 7.44 Å². The van der Waals surface area contributed by atoms with Crippen molar-refractivity contribution in [3.63, 3.8) is 0 Å². The van der Waals surface area contributed by atoms with E-state index in [1.807, 2.05) is 44.3 Å². The molecule has 0 aromatic carbocycles. The first-order valence-corrected chi connectivity index (χ1v) is 10.0. The smallest absolute Gasteiger partial charge is 0.218 e. The van der Waals surface area contributed by atoms with E-state index in [0.717, 1.165) is 0 Å². The lowest BCUT2D eigenvalue weighted by molar-refractivity contribution is -0.0565. The van der Waals surface area contributed by atoms with E-state index < -0.39 is 7.44 Å². The molecule has 0 aromatic heterocycles. The van der Waals surface area contributed by atoms with Crippen LogP contribution in [0.4, 0.5) is 0 Å². The second kappa shape index (κ2) is 9.39. The Kier molecular flexibility index (Phi) is 9.42. The zero-order valence-corrected chi connectivity index (χ0v) is 16.9. The molecule has 0 aliphatic heterocycles. The summed E-state index contributed by atoms with van der Waals surface area (Å²) in [6.45, 7) is 13.7. The Morgan fingerprint density at radius 3 is 1.68 bits per heavy atom. The highest BCUT2D eigenvalue weighted by Gasteiger charge is 2.36. The molecule has 3 atom stereocenters. The zero-order valence-electron chi connectivity index (χ0n) is 16.0. The van der Waals surface area contributed by atoms with Crippen LogP contribution in [0.15, 0.2) is 0 Å². The normalized spacial score (nSPS) is 18.5. The first-order valence-electron chi connectivity index (χ1n) is 8.33. The van der Waals surface area contributed by atoms with Crippen molar-refractivity contribution in [1.29, 1.82) is 0 Å². The van der Waals surface area contributed by atoms with Crippen molar-refractivity contribution >= 4 is 7.44 Å². The Morgan fingerprint density at radius 2 is 1.41 bits per heavy atom. The van der Waals surface area contributed by atoms with Crippen LogP contribution in [0.2, 0.25) is 0 Å². The Balaban J connectivity index is 5.13. The molecule has 0 radical (unpaired) electrons. The average Bonchev–Trinajstić information content (AvgIpc) is 2.40.